The van der Waals surface area contributed by atoms with Gasteiger partial charge in [-0.15, -0.1) is 0 Å². The summed E-state index contributed by atoms with van der Waals surface area (Å²) < 4.78 is 5.57. The highest BCUT2D eigenvalue weighted by molar-refractivity contribution is 5.35. The molecule has 2 aromatic carbocycles. The first-order valence-corrected chi connectivity index (χ1v) is 8.11. The largest absolute Gasteiger partial charge is 0.494 e. The zero-order valence-electron chi connectivity index (χ0n) is 13.2. The van der Waals surface area contributed by atoms with Crippen molar-refractivity contribution >= 4 is 0 Å². The number of piperazine rings is 1. The zero-order valence-corrected chi connectivity index (χ0v) is 13.2. The van der Waals surface area contributed by atoms with Gasteiger partial charge in [0.25, 0.3) is 0 Å². The lowest BCUT2D eigenvalue weighted by Gasteiger charge is -2.35. The molecule has 1 aliphatic heterocycles. The Balaban J connectivity index is 1.90. The summed E-state index contributed by atoms with van der Waals surface area (Å²) in [5.74, 6) is 0.943. The molecule has 0 amide bonds. The maximum absolute atomic E-state index is 5.57. The van der Waals surface area contributed by atoms with E-state index in [1.165, 1.54) is 11.1 Å². The fourth-order valence-electron chi connectivity index (χ4n) is 3.10. The number of rotatable bonds is 5. The Hall–Kier alpha value is -1.84. The van der Waals surface area contributed by atoms with Crippen LogP contribution in [-0.4, -0.2) is 37.7 Å². The maximum Gasteiger partial charge on any atom is 0.119 e. The topological polar surface area (TPSA) is 24.5 Å². The third-order valence-corrected chi connectivity index (χ3v) is 4.14. The molecule has 3 nitrogen and oxygen atoms in total. The number of benzene rings is 2. The summed E-state index contributed by atoms with van der Waals surface area (Å²) in [6, 6.07) is 19.7. The average molecular weight is 296 g/mol. The van der Waals surface area contributed by atoms with Crippen LogP contribution in [0.3, 0.4) is 0 Å². The molecule has 3 rings (SSSR count). The van der Waals surface area contributed by atoms with Gasteiger partial charge in [-0.25, -0.2) is 0 Å². The van der Waals surface area contributed by atoms with Crippen LogP contribution in [-0.2, 0) is 0 Å². The first-order valence-electron chi connectivity index (χ1n) is 8.11. The van der Waals surface area contributed by atoms with Crippen molar-refractivity contribution in [2.24, 2.45) is 0 Å². The summed E-state index contributed by atoms with van der Waals surface area (Å²) in [7, 11) is 0. The number of hydrogen-bond donors (Lipinski definition) is 1. The van der Waals surface area contributed by atoms with E-state index in [-0.39, 0.29) is 0 Å². The second-order valence-corrected chi connectivity index (χ2v) is 5.60. The van der Waals surface area contributed by atoms with Crippen molar-refractivity contribution in [2.75, 3.05) is 32.8 Å². The predicted molar refractivity (Wildman–Crippen MR) is 90.3 cm³/mol. The Morgan fingerprint density at radius 2 is 1.59 bits per heavy atom. The van der Waals surface area contributed by atoms with Crippen LogP contribution in [0.25, 0.3) is 0 Å². The molecule has 1 unspecified atom stereocenters. The van der Waals surface area contributed by atoms with E-state index in [1.54, 1.807) is 0 Å². The highest BCUT2D eigenvalue weighted by atomic mass is 16.5. The number of nitrogens with one attached hydrogen (secondary N) is 1. The van der Waals surface area contributed by atoms with E-state index in [9.17, 15) is 0 Å². The summed E-state index contributed by atoms with van der Waals surface area (Å²) in [6.45, 7) is 6.99. The van der Waals surface area contributed by atoms with E-state index < -0.39 is 0 Å². The number of ether oxygens (including phenoxy) is 1. The van der Waals surface area contributed by atoms with Gasteiger partial charge in [-0.3, -0.25) is 4.90 Å². The molecule has 0 spiro atoms. The molecule has 3 heteroatoms. The van der Waals surface area contributed by atoms with E-state index in [2.05, 4.69) is 64.8 Å². The normalized spacial score (nSPS) is 17.1. The Labute approximate surface area is 132 Å². The van der Waals surface area contributed by atoms with E-state index >= 15 is 0 Å². The van der Waals surface area contributed by atoms with Crippen molar-refractivity contribution in [3.05, 3.63) is 65.7 Å². The monoisotopic (exact) mass is 296 g/mol. The molecule has 2 aromatic rings. The van der Waals surface area contributed by atoms with Crippen LogP contribution in [0.5, 0.6) is 5.75 Å². The van der Waals surface area contributed by atoms with Gasteiger partial charge in [-0.1, -0.05) is 42.5 Å². The van der Waals surface area contributed by atoms with Crippen LogP contribution >= 0.6 is 0 Å². The van der Waals surface area contributed by atoms with Gasteiger partial charge in [-0.2, -0.15) is 0 Å². The van der Waals surface area contributed by atoms with E-state index in [1.807, 2.05) is 6.92 Å². The van der Waals surface area contributed by atoms with Gasteiger partial charge in [0.1, 0.15) is 5.75 Å². The number of nitrogens with zero attached hydrogens (tertiary/aromatic N) is 1. The molecule has 1 aliphatic rings. The van der Waals surface area contributed by atoms with Gasteiger partial charge in [0, 0.05) is 26.2 Å². The summed E-state index contributed by atoms with van der Waals surface area (Å²) in [6.07, 6.45) is 0. The van der Waals surface area contributed by atoms with Crippen molar-refractivity contribution < 1.29 is 4.74 Å². The Morgan fingerprint density at radius 3 is 2.23 bits per heavy atom. The highest BCUT2D eigenvalue weighted by Crippen LogP contribution is 2.30. The molecular formula is C19H24N2O. The van der Waals surface area contributed by atoms with Gasteiger partial charge < -0.3 is 10.1 Å². The maximum atomic E-state index is 5.57. The molecule has 1 saturated heterocycles. The second-order valence-electron chi connectivity index (χ2n) is 5.60. The molecule has 0 aliphatic carbocycles. The van der Waals surface area contributed by atoms with Crippen LogP contribution in [0.1, 0.15) is 24.1 Å². The molecule has 116 valence electrons. The van der Waals surface area contributed by atoms with Gasteiger partial charge >= 0.3 is 0 Å². The van der Waals surface area contributed by atoms with Crippen molar-refractivity contribution in [1.29, 1.82) is 0 Å². The highest BCUT2D eigenvalue weighted by Gasteiger charge is 2.23. The van der Waals surface area contributed by atoms with Crippen molar-refractivity contribution in [1.82, 2.24) is 10.2 Å². The van der Waals surface area contributed by atoms with Gasteiger partial charge in [-0.05, 0) is 30.2 Å². The minimum absolute atomic E-state index is 0.318. The van der Waals surface area contributed by atoms with Crippen LogP contribution in [0.15, 0.2) is 54.6 Å². The average Bonchev–Trinajstić information content (AvgIpc) is 2.59. The Morgan fingerprint density at radius 1 is 0.955 bits per heavy atom. The summed E-state index contributed by atoms with van der Waals surface area (Å²) in [5, 5.41) is 3.44. The smallest absolute Gasteiger partial charge is 0.119 e. The first kappa shape index (κ1) is 15.1. The van der Waals surface area contributed by atoms with Crippen LogP contribution in [0.2, 0.25) is 0 Å². The summed E-state index contributed by atoms with van der Waals surface area (Å²) >= 11 is 0. The molecule has 0 saturated carbocycles. The van der Waals surface area contributed by atoms with Crippen molar-refractivity contribution in [3.8, 4) is 5.75 Å². The minimum Gasteiger partial charge on any atom is -0.494 e. The lowest BCUT2D eigenvalue weighted by atomic mass is 9.96. The van der Waals surface area contributed by atoms with Crippen LogP contribution in [0.4, 0.5) is 0 Å². The quantitative estimate of drug-likeness (QED) is 0.917. The summed E-state index contributed by atoms with van der Waals surface area (Å²) in [5.41, 5.74) is 2.69. The third kappa shape index (κ3) is 3.49. The lowest BCUT2D eigenvalue weighted by molar-refractivity contribution is 0.198. The second kappa shape index (κ2) is 7.43. The molecule has 1 fully saturated rings. The van der Waals surface area contributed by atoms with Gasteiger partial charge in [0.15, 0.2) is 0 Å². The molecule has 1 N–H and O–H groups in total. The van der Waals surface area contributed by atoms with Gasteiger partial charge in [0.05, 0.1) is 12.6 Å². The fourth-order valence-corrected chi connectivity index (χ4v) is 3.10. The molecular weight excluding hydrogens is 272 g/mol. The molecule has 1 atom stereocenters. The van der Waals surface area contributed by atoms with Crippen molar-refractivity contribution in [3.63, 3.8) is 0 Å². The third-order valence-electron chi connectivity index (χ3n) is 4.14. The van der Waals surface area contributed by atoms with Crippen LogP contribution < -0.4 is 10.1 Å². The van der Waals surface area contributed by atoms with Gasteiger partial charge in [0.2, 0.25) is 0 Å². The zero-order chi connectivity index (χ0) is 15.2. The van der Waals surface area contributed by atoms with E-state index in [0.29, 0.717) is 12.6 Å². The SMILES string of the molecule is CCOc1ccc(C(c2ccccc2)N2CCNCC2)cc1. The first-order chi connectivity index (χ1) is 10.9. The minimum atomic E-state index is 0.318. The number of hydrogen-bond acceptors (Lipinski definition) is 3. The Kier molecular flexibility index (Phi) is 5.09. The molecule has 22 heavy (non-hydrogen) atoms. The Bertz CT molecular complexity index is 562. The molecule has 1 heterocycles. The van der Waals surface area contributed by atoms with E-state index in [4.69, 9.17) is 4.74 Å². The van der Waals surface area contributed by atoms with E-state index in [0.717, 1.165) is 31.9 Å². The lowest BCUT2D eigenvalue weighted by Crippen LogP contribution is -2.45. The van der Waals surface area contributed by atoms with Crippen LogP contribution in [0, 0.1) is 0 Å². The standard InChI is InChI=1S/C19H24N2O/c1-2-22-18-10-8-17(9-11-18)19(16-6-4-3-5-7-16)21-14-12-20-13-15-21/h3-11,19-20H,2,12-15H2,1H3. The summed E-state index contributed by atoms with van der Waals surface area (Å²) in [4.78, 5) is 2.56. The fraction of sp³-hybridized carbons (Fsp3) is 0.368. The molecule has 0 radical (unpaired) electrons. The predicted octanol–water partition coefficient (Wildman–Crippen LogP) is 3.08. The molecule has 0 aromatic heterocycles. The van der Waals surface area contributed by atoms with Crippen molar-refractivity contribution in [2.45, 2.75) is 13.0 Å². The molecule has 0 bridgehead atoms.